The van der Waals surface area contributed by atoms with Gasteiger partial charge in [0.1, 0.15) is 6.54 Å². The lowest BCUT2D eigenvalue weighted by Crippen LogP contribution is -2.33. The van der Waals surface area contributed by atoms with E-state index in [0.29, 0.717) is 18.5 Å². The van der Waals surface area contributed by atoms with Gasteiger partial charge in [-0.15, -0.1) is 0 Å². The smallest absolute Gasteiger partial charge is 0.242 e. The van der Waals surface area contributed by atoms with Crippen LogP contribution in [0.4, 0.5) is 0 Å². The Morgan fingerprint density at radius 3 is 2.32 bits per heavy atom. The predicted molar refractivity (Wildman–Crippen MR) is 115 cm³/mol. The van der Waals surface area contributed by atoms with Gasteiger partial charge in [0, 0.05) is 34.7 Å². The Kier molecular flexibility index (Phi) is 6.25. The van der Waals surface area contributed by atoms with Crippen molar-refractivity contribution in [2.24, 2.45) is 0 Å². The van der Waals surface area contributed by atoms with Gasteiger partial charge >= 0.3 is 0 Å². The number of carbonyl (C=O) groups is 1. The van der Waals surface area contributed by atoms with E-state index in [4.69, 9.17) is 0 Å². The first kappa shape index (κ1) is 20.6. The fourth-order valence-corrected chi connectivity index (χ4v) is 5.14. The molecule has 0 fully saturated rings. The van der Waals surface area contributed by atoms with Crippen LogP contribution in [0.25, 0.3) is 10.9 Å². The third-order valence-electron chi connectivity index (χ3n) is 4.78. The number of nitrogens with zero attached hydrogens (tertiary/aromatic N) is 2. The lowest BCUT2D eigenvalue weighted by molar-refractivity contribution is -0.131. The zero-order chi connectivity index (χ0) is 20.3. The van der Waals surface area contributed by atoms with E-state index in [1.807, 2.05) is 44.2 Å². The van der Waals surface area contributed by atoms with Crippen LogP contribution in [0.15, 0.2) is 64.1 Å². The van der Waals surface area contributed by atoms with E-state index in [0.717, 1.165) is 15.6 Å². The van der Waals surface area contributed by atoms with E-state index in [-0.39, 0.29) is 23.1 Å². The number of amides is 1. The third-order valence-corrected chi connectivity index (χ3v) is 7.02. The van der Waals surface area contributed by atoms with Gasteiger partial charge in [0.25, 0.3) is 0 Å². The van der Waals surface area contributed by atoms with Crippen LogP contribution in [0.1, 0.15) is 19.4 Å². The van der Waals surface area contributed by atoms with Crippen molar-refractivity contribution in [1.82, 2.24) is 9.47 Å². The fraction of sp³-hybridized carbons (Fsp3) is 0.286. The quantitative estimate of drug-likeness (QED) is 0.527. The number of fused-ring (bicyclic) bond motifs is 1. The normalized spacial score (nSPS) is 11.7. The Morgan fingerprint density at radius 2 is 1.68 bits per heavy atom. The van der Waals surface area contributed by atoms with Crippen LogP contribution >= 0.6 is 15.9 Å². The minimum Gasteiger partial charge on any atom is -0.342 e. The van der Waals surface area contributed by atoms with Crippen molar-refractivity contribution in [3.8, 4) is 0 Å². The van der Waals surface area contributed by atoms with Gasteiger partial charge in [-0.1, -0.05) is 46.3 Å². The number of benzene rings is 2. The summed E-state index contributed by atoms with van der Waals surface area (Å²) in [5.74, 6) is -0.110. The predicted octanol–water partition coefficient (Wildman–Crippen LogP) is 4.25. The Hall–Kier alpha value is -2.12. The topological polar surface area (TPSA) is 59.4 Å². The van der Waals surface area contributed by atoms with Crippen LogP contribution in [0.5, 0.6) is 0 Å². The first-order valence-corrected chi connectivity index (χ1v) is 11.6. The molecule has 3 aromatic rings. The van der Waals surface area contributed by atoms with Gasteiger partial charge in [0.15, 0.2) is 9.84 Å². The second kappa shape index (κ2) is 8.49. The van der Waals surface area contributed by atoms with E-state index in [2.05, 4.69) is 15.9 Å². The molecule has 3 rings (SSSR count). The van der Waals surface area contributed by atoms with Crippen molar-refractivity contribution in [3.05, 3.63) is 64.8 Å². The summed E-state index contributed by atoms with van der Waals surface area (Å²) in [6, 6.07) is 14.6. The second-order valence-electron chi connectivity index (χ2n) is 6.59. The van der Waals surface area contributed by atoms with Crippen LogP contribution in [0.2, 0.25) is 0 Å². The van der Waals surface area contributed by atoms with Crippen molar-refractivity contribution < 1.29 is 13.2 Å². The molecule has 0 bridgehead atoms. The molecular weight excluding hydrogens is 440 g/mol. The fourth-order valence-electron chi connectivity index (χ4n) is 3.29. The number of sulfone groups is 1. The molecule has 0 atom stereocenters. The molecule has 0 N–H and O–H groups in total. The first-order valence-electron chi connectivity index (χ1n) is 9.18. The van der Waals surface area contributed by atoms with Crippen molar-refractivity contribution in [2.45, 2.75) is 31.0 Å². The molecule has 1 heterocycles. The van der Waals surface area contributed by atoms with Crippen molar-refractivity contribution in [2.75, 3.05) is 13.1 Å². The maximum atomic E-state index is 13.1. The summed E-state index contributed by atoms with van der Waals surface area (Å²) in [4.78, 5) is 14.6. The Bertz CT molecular complexity index is 1080. The van der Waals surface area contributed by atoms with Crippen LogP contribution in [-0.4, -0.2) is 36.9 Å². The Labute approximate surface area is 174 Å². The van der Waals surface area contributed by atoms with E-state index in [1.165, 1.54) is 0 Å². The molecule has 5 nitrogen and oxygen atoms in total. The number of para-hydroxylation sites is 1. The molecule has 0 unspecified atom stereocenters. The molecule has 148 valence electrons. The largest absolute Gasteiger partial charge is 0.342 e. The highest BCUT2D eigenvalue weighted by Crippen LogP contribution is 2.28. The number of halogens is 1. The van der Waals surface area contributed by atoms with E-state index in [1.54, 1.807) is 33.9 Å². The summed E-state index contributed by atoms with van der Waals surface area (Å²) >= 11 is 3.36. The number of hydrogen-bond acceptors (Lipinski definition) is 3. The summed E-state index contributed by atoms with van der Waals surface area (Å²) in [5.41, 5.74) is 1.47. The average Bonchev–Trinajstić information content (AvgIpc) is 3.04. The summed E-state index contributed by atoms with van der Waals surface area (Å²) in [5, 5.41) is 0.645. The second-order valence-corrected chi connectivity index (χ2v) is 9.46. The lowest BCUT2D eigenvalue weighted by Gasteiger charge is -2.19. The molecule has 0 radical (unpaired) electrons. The molecule has 0 aliphatic rings. The van der Waals surface area contributed by atoms with Crippen molar-refractivity contribution in [1.29, 1.82) is 0 Å². The Morgan fingerprint density at radius 1 is 1.04 bits per heavy atom. The SMILES string of the molecule is CCN(CC)C(=O)Cn1cc(S(=O)(=O)Cc2ccc(Br)cc2)c2ccccc21. The summed E-state index contributed by atoms with van der Waals surface area (Å²) in [6.45, 7) is 5.25. The molecular formula is C21H23BrN2O3S. The zero-order valence-corrected chi connectivity index (χ0v) is 18.3. The van der Waals surface area contributed by atoms with Gasteiger partial charge < -0.3 is 9.47 Å². The number of rotatable bonds is 7. The standard InChI is InChI=1S/C21H23BrN2O3S/c1-3-23(4-2)21(25)14-24-13-20(18-7-5-6-8-19(18)24)28(26,27)15-16-9-11-17(22)12-10-16/h5-13H,3-4,14-15H2,1-2H3. The van der Waals surface area contributed by atoms with Crippen LogP contribution in [0.3, 0.4) is 0 Å². The maximum Gasteiger partial charge on any atom is 0.242 e. The minimum atomic E-state index is -3.56. The summed E-state index contributed by atoms with van der Waals surface area (Å²) in [6.07, 6.45) is 1.60. The Balaban J connectivity index is 1.99. The van der Waals surface area contributed by atoms with Crippen molar-refractivity contribution in [3.63, 3.8) is 0 Å². The molecule has 7 heteroatoms. The van der Waals surface area contributed by atoms with E-state index in [9.17, 15) is 13.2 Å². The molecule has 0 aliphatic heterocycles. The van der Waals surface area contributed by atoms with Gasteiger partial charge in [-0.2, -0.15) is 0 Å². The van der Waals surface area contributed by atoms with Crippen LogP contribution in [-0.2, 0) is 26.9 Å². The number of aromatic nitrogens is 1. The minimum absolute atomic E-state index is 0.0254. The molecule has 2 aromatic carbocycles. The van der Waals surface area contributed by atoms with Gasteiger partial charge in [0.05, 0.1) is 10.6 Å². The number of likely N-dealkylation sites (N-methyl/N-ethyl adjacent to an activating group) is 1. The molecule has 28 heavy (non-hydrogen) atoms. The first-order chi connectivity index (χ1) is 13.4. The monoisotopic (exact) mass is 462 g/mol. The van der Waals surface area contributed by atoms with Crippen LogP contribution < -0.4 is 0 Å². The highest BCUT2D eigenvalue weighted by Gasteiger charge is 2.23. The highest BCUT2D eigenvalue weighted by atomic mass is 79.9. The van der Waals surface area contributed by atoms with Gasteiger partial charge in [-0.3, -0.25) is 4.79 Å². The molecule has 0 saturated heterocycles. The summed E-state index contributed by atoms with van der Waals surface area (Å²) < 4.78 is 28.9. The number of carbonyl (C=O) groups excluding carboxylic acids is 1. The zero-order valence-electron chi connectivity index (χ0n) is 15.9. The third kappa shape index (κ3) is 4.31. The molecule has 1 amide bonds. The molecule has 1 aromatic heterocycles. The van der Waals surface area contributed by atoms with Crippen LogP contribution in [0, 0.1) is 0 Å². The van der Waals surface area contributed by atoms with Crippen molar-refractivity contribution >= 4 is 42.6 Å². The molecule has 0 saturated carbocycles. The molecule has 0 spiro atoms. The van der Waals surface area contributed by atoms with Gasteiger partial charge in [-0.25, -0.2) is 8.42 Å². The molecule has 0 aliphatic carbocycles. The average molecular weight is 463 g/mol. The van der Waals surface area contributed by atoms with E-state index < -0.39 is 9.84 Å². The maximum absolute atomic E-state index is 13.1. The van der Waals surface area contributed by atoms with E-state index >= 15 is 0 Å². The van der Waals surface area contributed by atoms with Gasteiger partial charge in [0.2, 0.25) is 5.91 Å². The van der Waals surface area contributed by atoms with Gasteiger partial charge in [-0.05, 0) is 37.6 Å². The number of hydrogen-bond donors (Lipinski definition) is 0. The summed E-state index contributed by atoms with van der Waals surface area (Å²) in [7, 11) is -3.56. The highest BCUT2D eigenvalue weighted by molar-refractivity contribution is 9.10. The lowest BCUT2D eigenvalue weighted by atomic mass is 10.2.